The molecule has 4 aromatic rings. The highest BCUT2D eigenvalue weighted by Gasteiger charge is 2.36. The molecule has 0 spiro atoms. The molecule has 4 heteroatoms. The summed E-state index contributed by atoms with van der Waals surface area (Å²) in [6.45, 7) is 0. The zero-order chi connectivity index (χ0) is 17.7. The standard InChI is InChI=1S/C22H14N2O2/c25-21-17-9-2-3-10-18(17)22(26)24(21)16-8-5-7-14(12-16)20-13-15-6-1-4-11-19(15)23-20/h1-13,23H. The lowest BCUT2D eigenvalue weighted by Gasteiger charge is -2.14. The van der Waals surface area contributed by atoms with Crippen LogP contribution in [0.5, 0.6) is 0 Å². The maximum atomic E-state index is 12.7. The molecule has 0 bridgehead atoms. The molecular formula is C22H14N2O2. The van der Waals surface area contributed by atoms with Gasteiger partial charge in [0.1, 0.15) is 0 Å². The Hall–Kier alpha value is -3.66. The summed E-state index contributed by atoms with van der Waals surface area (Å²) < 4.78 is 0. The number of para-hydroxylation sites is 1. The van der Waals surface area contributed by atoms with E-state index in [4.69, 9.17) is 0 Å². The first-order chi connectivity index (χ1) is 12.7. The van der Waals surface area contributed by atoms with Crippen LogP contribution in [0, 0.1) is 0 Å². The van der Waals surface area contributed by atoms with Gasteiger partial charge in [0.05, 0.1) is 16.8 Å². The summed E-state index contributed by atoms with van der Waals surface area (Å²) in [7, 11) is 0. The second-order valence-corrected chi connectivity index (χ2v) is 6.31. The number of hydrogen-bond acceptors (Lipinski definition) is 2. The van der Waals surface area contributed by atoms with E-state index in [1.807, 2.05) is 42.5 Å². The third-order valence-electron chi connectivity index (χ3n) is 4.74. The van der Waals surface area contributed by atoms with Gasteiger partial charge in [0.15, 0.2) is 0 Å². The van der Waals surface area contributed by atoms with E-state index in [1.54, 1.807) is 30.3 Å². The molecule has 3 aromatic carbocycles. The SMILES string of the molecule is O=C1c2ccccc2C(=O)N1c1cccc(-c2cc3ccccc3[nH]2)c1. The molecule has 1 N–H and O–H groups in total. The van der Waals surface area contributed by atoms with Crippen molar-refractivity contribution < 1.29 is 9.59 Å². The molecule has 5 rings (SSSR count). The lowest BCUT2D eigenvalue weighted by molar-refractivity contribution is 0.0926. The number of rotatable bonds is 2. The van der Waals surface area contributed by atoms with Gasteiger partial charge in [-0.25, -0.2) is 4.90 Å². The highest BCUT2D eigenvalue weighted by molar-refractivity contribution is 6.34. The molecule has 0 fully saturated rings. The molecule has 2 heterocycles. The van der Waals surface area contributed by atoms with Crippen LogP contribution in [0.1, 0.15) is 20.7 Å². The summed E-state index contributed by atoms with van der Waals surface area (Å²) in [5, 5.41) is 1.12. The normalized spacial score (nSPS) is 13.5. The summed E-state index contributed by atoms with van der Waals surface area (Å²) in [6, 6.07) is 24.5. The van der Waals surface area contributed by atoms with Gasteiger partial charge in [-0.05, 0) is 36.4 Å². The van der Waals surface area contributed by atoms with E-state index in [1.165, 1.54) is 4.90 Å². The Bertz CT molecular complexity index is 1120. The Balaban J connectivity index is 1.59. The lowest BCUT2D eigenvalue weighted by Crippen LogP contribution is -2.29. The fourth-order valence-corrected chi connectivity index (χ4v) is 3.47. The smallest absolute Gasteiger partial charge is 0.266 e. The largest absolute Gasteiger partial charge is 0.355 e. The summed E-state index contributed by atoms with van der Waals surface area (Å²) in [5.74, 6) is -0.557. The predicted molar refractivity (Wildman–Crippen MR) is 101 cm³/mol. The van der Waals surface area contributed by atoms with Crippen molar-refractivity contribution >= 4 is 28.4 Å². The molecule has 0 aliphatic carbocycles. The highest BCUT2D eigenvalue weighted by Crippen LogP contribution is 2.32. The van der Waals surface area contributed by atoms with Gasteiger partial charge >= 0.3 is 0 Å². The van der Waals surface area contributed by atoms with E-state index in [2.05, 4.69) is 11.1 Å². The number of aromatic amines is 1. The summed E-state index contributed by atoms with van der Waals surface area (Å²) in [6.07, 6.45) is 0. The minimum Gasteiger partial charge on any atom is -0.355 e. The second kappa shape index (κ2) is 5.43. The van der Waals surface area contributed by atoms with Crippen LogP contribution in [0.2, 0.25) is 0 Å². The molecule has 4 nitrogen and oxygen atoms in total. The van der Waals surface area contributed by atoms with Crippen LogP contribution < -0.4 is 4.90 Å². The number of carbonyl (C=O) groups excluding carboxylic acids is 2. The first-order valence-corrected chi connectivity index (χ1v) is 8.38. The quantitative estimate of drug-likeness (QED) is 0.542. The molecular weight excluding hydrogens is 324 g/mol. The number of carbonyl (C=O) groups is 2. The van der Waals surface area contributed by atoms with Crippen molar-refractivity contribution in [3.05, 3.63) is 90.0 Å². The van der Waals surface area contributed by atoms with Crippen LogP contribution in [-0.4, -0.2) is 16.8 Å². The van der Waals surface area contributed by atoms with Crippen molar-refractivity contribution in [1.82, 2.24) is 4.98 Å². The molecule has 26 heavy (non-hydrogen) atoms. The van der Waals surface area contributed by atoms with E-state index < -0.39 is 0 Å². The lowest BCUT2D eigenvalue weighted by atomic mass is 10.1. The first kappa shape index (κ1) is 14.7. The molecule has 0 saturated carbocycles. The number of imide groups is 1. The first-order valence-electron chi connectivity index (χ1n) is 8.38. The molecule has 0 unspecified atom stereocenters. The molecule has 2 amide bonds. The molecule has 1 aliphatic heterocycles. The third-order valence-corrected chi connectivity index (χ3v) is 4.74. The average Bonchev–Trinajstić information content (AvgIpc) is 3.22. The van der Waals surface area contributed by atoms with Gasteiger partial charge in [-0.3, -0.25) is 9.59 Å². The minimum atomic E-state index is -0.278. The van der Waals surface area contributed by atoms with Gasteiger partial charge in [-0.15, -0.1) is 0 Å². The zero-order valence-corrected chi connectivity index (χ0v) is 13.8. The average molecular weight is 338 g/mol. The molecule has 1 aromatic heterocycles. The number of nitrogens with zero attached hydrogens (tertiary/aromatic N) is 1. The number of aromatic nitrogens is 1. The maximum Gasteiger partial charge on any atom is 0.266 e. The van der Waals surface area contributed by atoms with Crippen LogP contribution in [0.4, 0.5) is 5.69 Å². The van der Waals surface area contributed by atoms with Gasteiger partial charge in [-0.1, -0.05) is 42.5 Å². The zero-order valence-electron chi connectivity index (χ0n) is 13.8. The molecule has 0 atom stereocenters. The number of fused-ring (bicyclic) bond motifs is 2. The molecule has 1 aliphatic rings. The second-order valence-electron chi connectivity index (χ2n) is 6.31. The number of benzene rings is 3. The highest BCUT2D eigenvalue weighted by atomic mass is 16.2. The Kier molecular flexibility index (Phi) is 3.06. The van der Waals surface area contributed by atoms with Crippen molar-refractivity contribution in [3.63, 3.8) is 0 Å². The Morgan fingerprint density at radius 3 is 2.12 bits per heavy atom. The Morgan fingerprint density at radius 2 is 1.38 bits per heavy atom. The van der Waals surface area contributed by atoms with Gasteiger partial charge in [0.25, 0.3) is 11.8 Å². The number of amides is 2. The van der Waals surface area contributed by atoms with Crippen molar-refractivity contribution in [1.29, 1.82) is 0 Å². The topological polar surface area (TPSA) is 53.2 Å². The van der Waals surface area contributed by atoms with Crippen LogP contribution in [-0.2, 0) is 0 Å². The van der Waals surface area contributed by atoms with E-state index in [-0.39, 0.29) is 11.8 Å². The third kappa shape index (κ3) is 2.09. The number of hydrogen-bond donors (Lipinski definition) is 1. The summed E-state index contributed by atoms with van der Waals surface area (Å²) in [4.78, 5) is 30.0. The van der Waals surface area contributed by atoms with Crippen LogP contribution in [0.25, 0.3) is 22.2 Å². The van der Waals surface area contributed by atoms with Gasteiger partial charge in [-0.2, -0.15) is 0 Å². The van der Waals surface area contributed by atoms with Gasteiger partial charge in [0.2, 0.25) is 0 Å². The van der Waals surface area contributed by atoms with Crippen molar-refractivity contribution in [2.75, 3.05) is 4.90 Å². The van der Waals surface area contributed by atoms with Crippen molar-refractivity contribution in [2.45, 2.75) is 0 Å². The molecule has 0 radical (unpaired) electrons. The van der Waals surface area contributed by atoms with Crippen LogP contribution >= 0.6 is 0 Å². The van der Waals surface area contributed by atoms with Gasteiger partial charge < -0.3 is 4.98 Å². The molecule has 0 saturated heterocycles. The fourth-order valence-electron chi connectivity index (χ4n) is 3.47. The monoisotopic (exact) mass is 338 g/mol. The number of anilines is 1. The van der Waals surface area contributed by atoms with E-state index in [0.29, 0.717) is 16.8 Å². The number of H-pyrrole nitrogens is 1. The van der Waals surface area contributed by atoms with E-state index in [0.717, 1.165) is 22.2 Å². The predicted octanol–water partition coefficient (Wildman–Crippen LogP) is 4.64. The Labute approximate surface area is 149 Å². The van der Waals surface area contributed by atoms with Crippen molar-refractivity contribution in [2.24, 2.45) is 0 Å². The number of nitrogens with one attached hydrogen (secondary N) is 1. The maximum absolute atomic E-state index is 12.7. The summed E-state index contributed by atoms with van der Waals surface area (Å²) >= 11 is 0. The van der Waals surface area contributed by atoms with Crippen molar-refractivity contribution in [3.8, 4) is 11.3 Å². The Morgan fingerprint density at radius 1 is 0.692 bits per heavy atom. The van der Waals surface area contributed by atoms with Gasteiger partial charge in [0, 0.05) is 22.2 Å². The van der Waals surface area contributed by atoms with Crippen LogP contribution in [0.3, 0.4) is 0 Å². The fraction of sp³-hybridized carbons (Fsp3) is 0. The summed E-state index contributed by atoms with van der Waals surface area (Å²) in [5.41, 5.74) is 4.41. The van der Waals surface area contributed by atoms with E-state index >= 15 is 0 Å². The van der Waals surface area contributed by atoms with Crippen LogP contribution in [0.15, 0.2) is 78.9 Å². The molecule has 124 valence electrons. The van der Waals surface area contributed by atoms with E-state index in [9.17, 15) is 9.59 Å². The minimum absolute atomic E-state index is 0.278.